The predicted molar refractivity (Wildman–Crippen MR) is 70.7 cm³/mol. The van der Waals surface area contributed by atoms with E-state index < -0.39 is 0 Å². The molecular formula is C14H13BrFN. The van der Waals surface area contributed by atoms with E-state index in [1.165, 1.54) is 6.07 Å². The van der Waals surface area contributed by atoms with Gasteiger partial charge in [-0.15, -0.1) is 0 Å². The molecule has 1 atom stereocenters. The molecule has 0 aliphatic heterocycles. The van der Waals surface area contributed by atoms with E-state index in [4.69, 9.17) is 0 Å². The van der Waals surface area contributed by atoms with Crippen LogP contribution in [0.1, 0.15) is 21.6 Å². The van der Waals surface area contributed by atoms with Crippen molar-refractivity contribution in [2.24, 2.45) is 0 Å². The lowest BCUT2D eigenvalue weighted by Gasteiger charge is -2.10. The van der Waals surface area contributed by atoms with Crippen molar-refractivity contribution in [2.75, 3.05) is 0 Å². The minimum absolute atomic E-state index is 0.0427. The summed E-state index contributed by atoms with van der Waals surface area (Å²) in [7, 11) is 0. The van der Waals surface area contributed by atoms with Gasteiger partial charge >= 0.3 is 0 Å². The van der Waals surface area contributed by atoms with Gasteiger partial charge in [0.25, 0.3) is 0 Å². The van der Waals surface area contributed by atoms with Crippen LogP contribution < -0.4 is 0 Å². The van der Waals surface area contributed by atoms with Crippen LogP contribution in [0, 0.1) is 12.7 Å². The first kappa shape index (κ1) is 12.2. The molecule has 17 heavy (non-hydrogen) atoms. The molecule has 0 fully saturated rings. The number of halogens is 2. The van der Waals surface area contributed by atoms with Gasteiger partial charge in [-0.05, 0) is 24.6 Å². The summed E-state index contributed by atoms with van der Waals surface area (Å²) in [5.41, 5.74) is 2.77. The molecule has 1 unspecified atom stereocenters. The van der Waals surface area contributed by atoms with E-state index in [1.807, 2.05) is 31.3 Å². The zero-order valence-electron chi connectivity index (χ0n) is 9.53. The molecule has 0 saturated carbocycles. The molecule has 2 rings (SSSR count). The summed E-state index contributed by atoms with van der Waals surface area (Å²) in [6.45, 7) is 2.00. The molecule has 0 aliphatic rings. The number of aromatic nitrogens is 1. The molecule has 0 radical (unpaired) electrons. The third kappa shape index (κ3) is 3.13. The van der Waals surface area contributed by atoms with Gasteiger partial charge in [0.1, 0.15) is 5.82 Å². The number of hydrogen-bond acceptors (Lipinski definition) is 1. The summed E-state index contributed by atoms with van der Waals surface area (Å²) < 4.78 is 13.6. The first-order valence-electron chi connectivity index (χ1n) is 5.47. The quantitative estimate of drug-likeness (QED) is 0.773. The van der Waals surface area contributed by atoms with Gasteiger partial charge in [-0.3, -0.25) is 4.98 Å². The van der Waals surface area contributed by atoms with Crippen molar-refractivity contribution in [1.29, 1.82) is 0 Å². The van der Waals surface area contributed by atoms with Gasteiger partial charge in [0.05, 0.1) is 0 Å². The van der Waals surface area contributed by atoms with E-state index in [0.29, 0.717) is 12.0 Å². The number of pyridine rings is 1. The minimum atomic E-state index is -0.179. The molecular weight excluding hydrogens is 281 g/mol. The highest BCUT2D eigenvalue weighted by molar-refractivity contribution is 9.09. The fraction of sp³-hybridized carbons (Fsp3) is 0.214. The summed E-state index contributed by atoms with van der Waals surface area (Å²) in [5, 5.41) is 0. The minimum Gasteiger partial charge on any atom is -0.261 e. The molecule has 0 amide bonds. The fourth-order valence-electron chi connectivity index (χ4n) is 1.64. The van der Waals surface area contributed by atoms with Crippen LogP contribution in [0.2, 0.25) is 0 Å². The number of benzene rings is 1. The van der Waals surface area contributed by atoms with Crippen LogP contribution in [0.5, 0.6) is 0 Å². The highest BCUT2D eigenvalue weighted by atomic mass is 79.9. The van der Waals surface area contributed by atoms with Gasteiger partial charge in [0.2, 0.25) is 0 Å². The van der Waals surface area contributed by atoms with Crippen molar-refractivity contribution >= 4 is 15.9 Å². The Hall–Kier alpha value is -1.22. The number of rotatable bonds is 3. The second-order valence-corrected chi connectivity index (χ2v) is 5.13. The monoisotopic (exact) mass is 293 g/mol. The van der Waals surface area contributed by atoms with Crippen molar-refractivity contribution in [2.45, 2.75) is 18.2 Å². The summed E-state index contributed by atoms with van der Waals surface area (Å²) in [6.07, 6.45) is 2.51. The SMILES string of the molecule is Cc1ccc(CC(Br)c2ccccc2F)nc1. The zero-order chi connectivity index (χ0) is 12.3. The van der Waals surface area contributed by atoms with E-state index in [0.717, 1.165) is 11.3 Å². The molecule has 0 N–H and O–H groups in total. The van der Waals surface area contributed by atoms with E-state index in [-0.39, 0.29) is 10.6 Å². The van der Waals surface area contributed by atoms with Crippen molar-refractivity contribution in [3.05, 3.63) is 65.2 Å². The van der Waals surface area contributed by atoms with Crippen LogP contribution in [0.25, 0.3) is 0 Å². The van der Waals surface area contributed by atoms with Gasteiger partial charge in [-0.1, -0.05) is 40.2 Å². The van der Waals surface area contributed by atoms with Crippen LogP contribution in [0.15, 0.2) is 42.6 Å². The van der Waals surface area contributed by atoms with Gasteiger partial charge in [0, 0.05) is 28.7 Å². The molecule has 1 heterocycles. The lowest BCUT2D eigenvalue weighted by molar-refractivity contribution is 0.607. The molecule has 0 spiro atoms. The standard InChI is InChI=1S/C14H13BrFN/c1-10-6-7-11(17-9-10)8-13(15)12-4-2-3-5-14(12)16/h2-7,9,13H,8H2,1H3. The Kier molecular flexibility index (Phi) is 3.89. The first-order valence-corrected chi connectivity index (χ1v) is 6.38. The Labute approximate surface area is 109 Å². The largest absolute Gasteiger partial charge is 0.261 e. The highest BCUT2D eigenvalue weighted by Crippen LogP contribution is 2.28. The smallest absolute Gasteiger partial charge is 0.127 e. The summed E-state index contributed by atoms with van der Waals surface area (Å²) in [5.74, 6) is -0.179. The van der Waals surface area contributed by atoms with Crippen LogP contribution in [-0.4, -0.2) is 4.98 Å². The topological polar surface area (TPSA) is 12.9 Å². The molecule has 3 heteroatoms. The molecule has 0 saturated heterocycles. The number of hydrogen-bond donors (Lipinski definition) is 0. The summed E-state index contributed by atoms with van der Waals surface area (Å²) in [6, 6.07) is 10.8. The third-order valence-electron chi connectivity index (χ3n) is 2.60. The first-order chi connectivity index (χ1) is 8.16. The van der Waals surface area contributed by atoms with Gasteiger partial charge in [-0.25, -0.2) is 4.39 Å². The second-order valence-electron chi connectivity index (χ2n) is 4.02. The third-order valence-corrected chi connectivity index (χ3v) is 3.42. The summed E-state index contributed by atoms with van der Waals surface area (Å²) in [4.78, 5) is 4.28. The molecule has 1 nitrogen and oxygen atoms in total. The van der Waals surface area contributed by atoms with Crippen molar-refractivity contribution < 1.29 is 4.39 Å². The second kappa shape index (κ2) is 5.41. The number of nitrogens with zero attached hydrogens (tertiary/aromatic N) is 1. The molecule has 1 aromatic carbocycles. The molecule has 0 bridgehead atoms. The van der Waals surface area contributed by atoms with E-state index >= 15 is 0 Å². The Morgan fingerprint density at radius 3 is 2.65 bits per heavy atom. The maximum atomic E-state index is 13.6. The predicted octanol–water partition coefficient (Wildman–Crippen LogP) is 4.21. The van der Waals surface area contributed by atoms with Crippen LogP contribution >= 0.6 is 15.9 Å². The van der Waals surface area contributed by atoms with E-state index in [2.05, 4.69) is 20.9 Å². The van der Waals surface area contributed by atoms with Crippen LogP contribution in [0.3, 0.4) is 0 Å². The Morgan fingerprint density at radius 2 is 2.00 bits per heavy atom. The number of aryl methyl sites for hydroxylation is 1. The number of alkyl halides is 1. The Balaban J connectivity index is 2.14. The molecule has 2 aromatic rings. The maximum absolute atomic E-state index is 13.6. The molecule has 88 valence electrons. The average molecular weight is 294 g/mol. The summed E-state index contributed by atoms with van der Waals surface area (Å²) >= 11 is 3.51. The van der Waals surface area contributed by atoms with Gasteiger partial charge in [-0.2, -0.15) is 0 Å². The van der Waals surface area contributed by atoms with Gasteiger partial charge in [0.15, 0.2) is 0 Å². The zero-order valence-corrected chi connectivity index (χ0v) is 11.1. The highest BCUT2D eigenvalue weighted by Gasteiger charge is 2.13. The lowest BCUT2D eigenvalue weighted by atomic mass is 10.1. The lowest BCUT2D eigenvalue weighted by Crippen LogP contribution is -2.00. The van der Waals surface area contributed by atoms with Crippen LogP contribution in [0.4, 0.5) is 4.39 Å². The normalized spacial score (nSPS) is 12.4. The fourth-order valence-corrected chi connectivity index (χ4v) is 2.34. The average Bonchev–Trinajstić information content (AvgIpc) is 2.32. The van der Waals surface area contributed by atoms with Crippen molar-refractivity contribution in [3.63, 3.8) is 0 Å². The van der Waals surface area contributed by atoms with Crippen LogP contribution in [-0.2, 0) is 6.42 Å². The van der Waals surface area contributed by atoms with E-state index in [1.54, 1.807) is 12.1 Å². The molecule has 1 aromatic heterocycles. The van der Waals surface area contributed by atoms with E-state index in [9.17, 15) is 4.39 Å². The van der Waals surface area contributed by atoms with Crippen molar-refractivity contribution in [1.82, 2.24) is 4.98 Å². The maximum Gasteiger partial charge on any atom is 0.127 e. The molecule has 0 aliphatic carbocycles. The van der Waals surface area contributed by atoms with Gasteiger partial charge < -0.3 is 0 Å². The Morgan fingerprint density at radius 1 is 1.24 bits per heavy atom. The van der Waals surface area contributed by atoms with Crippen molar-refractivity contribution in [3.8, 4) is 0 Å². The Bertz CT molecular complexity index is 496.